The van der Waals surface area contributed by atoms with Crippen molar-refractivity contribution >= 4 is 41.2 Å². The molecule has 1 aliphatic rings. The Morgan fingerprint density at radius 2 is 1.70 bits per heavy atom. The summed E-state index contributed by atoms with van der Waals surface area (Å²) >= 11 is 11.6. The standard InChI is InChI=1S/C20H16Cl2O5/c21-16-5-1-13(2-6-16)9-15-10-20(11-23,27-19(15)25)12-26-18(24)14-3-7-17(22)8-4-14/h1-9,23H,10-12H2/b15-9+. The van der Waals surface area contributed by atoms with Gasteiger partial charge >= 0.3 is 11.9 Å². The highest BCUT2D eigenvalue weighted by Gasteiger charge is 2.44. The predicted octanol–water partition coefficient (Wildman–Crippen LogP) is 3.91. The van der Waals surface area contributed by atoms with Gasteiger partial charge in [0.25, 0.3) is 0 Å². The van der Waals surface area contributed by atoms with Crippen molar-refractivity contribution in [2.75, 3.05) is 13.2 Å². The van der Waals surface area contributed by atoms with Crippen LogP contribution in [0.1, 0.15) is 22.3 Å². The van der Waals surface area contributed by atoms with E-state index >= 15 is 0 Å². The van der Waals surface area contributed by atoms with E-state index in [1.54, 1.807) is 42.5 Å². The molecule has 0 aromatic heterocycles. The first-order valence-corrected chi connectivity index (χ1v) is 8.89. The number of cyclic esters (lactones) is 1. The molecule has 1 aliphatic heterocycles. The zero-order valence-electron chi connectivity index (χ0n) is 14.2. The smallest absolute Gasteiger partial charge is 0.338 e. The first kappa shape index (κ1) is 19.4. The lowest BCUT2D eigenvalue weighted by molar-refractivity contribution is -0.154. The van der Waals surface area contributed by atoms with Gasteiger partial charge in [0, 0.05) is 22.0 Å². The van der Waals surface area contributed by atoms with Gasteiger partial charge in [0.1, 0.15) is 6.61 Å². The quantitative estimate of drug-likeness (QED) is 0.601. The fourth-order valence-corrected chi connectivity index (χ4v) is 2.92. The van der Waals surface area contributed by atoms with Crippen LogP contribution in [0.15, 0.2) is 54.1 Å². The van der Waals surface area contributed by atoms with Gasteiger partial charge in [0.2, 0.25) is 0 Å². The summed E-state index contributed by atoms with van der Waals surface area (Å²) in [7, 11) is 0. The van der Waals surface area contributed by atoms with E-state index in [1.165, 1.54) is 12.1 Å². The molecule has 7 heteroatoms. The zero-order valence-corrected chi connectivity index (χ0v) is 15.7. The minimum atomic E-state index is -1.29. The average molecular weight is 407 g/mol. The fraction of sp³-hybridized carbons (Fsp3) is 0.200. The number of hydrogen-bond donors (Lipinski definition) is 1. The maximum absolute atomic E-state index is 12.2. The van der Waals surface area contributed by atoms with Crippen molar-refractivity contribution in [1.29, 1.82) is 0 Å². The van der Waals surface area contributed by atoms with E-state index in [0.717, 1.165) is 5.56 Å². The number of benzene rings is 2. The summed E-state index contributed by atoms with van der Waals surface area (Å²) in [6.45, 7) is -0.723. The Morgan fingerprint density at radius 3 is 2.30 bits per heavy atom. The zero-order chi connectivity index (χ0) is 19.4. The molecular weight excluding hydrogens is 391 g/mol. The van der Waals surface area contributed by atoms with Gasteiger partial charge in [-0.3, -0.25) is 0 Å². The first-order chi connectivity index (χ1) is 12.9. The van der Waals surface area contributed by atoms with Crippen LogP contribution in [0.3, 0.4) is 0 Å². The number of halogens is 2. The van der Waals surface area contributed by atoms with Crippen LogP contribution in [0.4, 0.5) is 0 Å². The molecule has 1 unspecified atom stereocenters. The average Bonchev–Trinajstić information content (AvgIpc) is 2.98. The van der Waals surface area contributed by atoms with Gasteiger partial charge in [0.05, 0.1) is 12.2 Å². The summed E-state index contributed by atoms with van der Waals surface area (Å²) in [6.07, 6.45) is 1.79. The van der Waals surface area contributed by atoms with Crippen LogP contribution in [-0.4, -0.2) is 35.9 Å². The number of aliphatic hydroxyl groups is 1. The highest BCUT2D eigenvalue weighted by atomic mass is 35.5. The molecule has 1 saturated heterocycles. The van der Waals surface area contributed by atoms with Crippen molar-refractivity contribution in [3.8, 4) is 0 Å². The monoisotopic (exact) mass is 406 g/mol. The third-order valence-electron chi connectivity index (χ3n) is 4.13. The van der Waals surface area contributed by atoms with Crippen LogP contribution in [0.2, 0.25) is 10.0 Å². The second-order valence-electron chi connectivity index (χ2n) is 6.21. The molecular formula is C20H16Cl2O5. The van der Waals surface area contributed by atoms with Gasteiger partial charge in [-0.2, -0.15) is 0 Å². The molecule has 1 N–H and O–H groups in total. The molecule has 27 heavy (non-hydrogen) atoms. The molecule has 2 aromatic carbocycles. The maximum atomic E-state index is 12.2. The largest absolute Gasteiger partial charge is 0.458 e. The molecule has 5 nitrogen and oxygen atoms in total. The van der Waals surface area contributed by atoms with Gasteiger partial charge in [-0.15, -0.1) is 0 Å². The van der Waals surface area contributed by atoms with Crippen LogP contribution < -0.4 is 0 Å². The number of esters is 2. The van der Waals surface area contributed by atoms with Crippen molar-refractivity contribution in [2.24, 2.45) is 0 Å². The lowest BCUT2D eigenvalue weighted by Gasteiger charge is -2.24. The summed E-state index contributed by atoms with van der Waals surface area (Å²) in [5, 5.41) is 10.8. The summed E-state index contributed by atoms with van der Waals surface area (Å²) in [4.78, 5) is 24.3. The Morgan fingerprint density at radius 1 is 1.11 bits per heavy atom. The fourth-order valence-electron chi connectivity index (χ4n) is 2.67. The molecule has 1 heterocycles. The number of aliphatic hydroxyl groups excluding tert-OH is 1. The molecule has 0 amide bonds. The third kappa shape index (κ3) is 4.69. The second kappa shape index (κ2) is 8.13. The van der Waals surface area contributed by atoms with Crippen LogP contribution in [0, 0.1) is 0 Å². The minimum absolute atomic E-state index is 0.124. The first-order valence-electron chi connectivity index (χ1n) is 8.14. The number of carbonyl (C=O) groups excluding carboxylic acids is 2. The molecule has 0 saturated carbocycles. The van der Waals surface area contributed by atoms with Crippen molar-refractivity contribution in [3.05, 3.63) is 75.3 Å². The summed E-state index contributed by atoms with van der Waals surface area (Å²) in [5.41, 5.74) is 0.179. The van der Waals surface area contributed by atoms with E-state index in [-0.39, 0.29) is 13.0 Å². The van der Waals surface area contributed by atoms with Crippen molar-refractivity contribution < 1.29 is 24.2 Å². The molecule has 1 atom stereocenters. The van der Waals surface area contributed by atoms with E-state index in [4.69, 9.17) is 32.7 Å². The lowest BCUT2D eigenvalue weighted by atomic mass is 9.98. The number of rotatable bonds is 5. The second-order valence-corrected chi connectivity index (χ2v) is 7.08. The summed E-state index contributed by atoms with van der Waals surface area (Å²) in [6, 6.07) is 13.2. The van der Waals surface area contributed by atoms with Crippen LogP contribution in [-0.2, 0) is 14.3 Å². The number of carbonyl (C=O) groups is 2. The van der Waals surface area contributed by atoms with E-state index < -0.39 is 24.1 Å². The molecule has 140 valence electrons. The highest BCUT2D eigenvalue weighted by Crippen LogP contribution is 2.32. The molecule has 0 radical (unpaired) electrons. The summed E-state index contributed by atoms with van der Waals surface area (Å²) in [5.74, 6) is -1.15. The van der Waals surface area contributed by atoms with E-state index in [2.05, 4.69) is 0 Å². The van der Waals surface area contributed by atoms with E-state index in [9.17, 15) is 14.7 Å². The molecule has 1 fully saturated rings. The van der Waals surface area contributed by atoms with E-state index in [1.807, 2.05) is 0 Å². The molecule has 3 rings (SSSR count). The third-order valence-corrected chi connectivity index (χ3v) is 4.63. The Bertz CT molecular complexity index is 874. The van der Waals surface area contributed by atoms with Gasteiger partial charge in [-0.1, -0.05) is 35.3 Å². The normalized spacial score (nSPS) is 20.6. The van der Waals surface area contributed by atoms with Gasteiger partial charge in [-0.25, -0.2) is 9.59 Å². The van der Waals surface area contributed by atoms with Crippen molar-refractivity contribution in [2.45, 2.75) is 12.0 Å². The van der Waals surface area contributed by atoms with Crippen molar-refractivity contribution in [3.63, 3.8) is 0 Å². The van der Waals surface area contributed by atoms with E-state index in [0.29, 0.717) is 21.2 Å². The molecule has 2 aromatic rings. The number of hydrogen-bond acceptors (Lipinski definition) is 5. The molecule has 0 spiro atoms. The van der Waals surface area contributed by atoms with Crippen LogP contribution in [0.5, 0.6) is 0 Å². The molecule has 0 bridgehead atoms. The Labute approximate surface area is 166 Å². The minimum Gasteiger partial charge on any atom is -0.458 e. The van der Waals surface area contributed by atoms with Crippen LogP contribution >= 0.6 is 23.2 Å². The topological polar surface area (TPSA) is 72.8 Å². The molecule has 0 aliphatic carbocycles. The Hall–Kier alpha value is -2.34. The maximum Gasteiger partial charge on any atom is 0.338 e. The van der Waals surface area contributed by atoms with Crippen LogP contribution in [0.25, 0.3) is 6.08 Å². The SMILES string of the molecule is O=C1OC(CO)(COC(=O)c2ccc(Cl)cc2)C/C1=C\c1ccc(Cl)cc1. The lowest BCUT2D eigenvalue weighted by Crippen LogP contribution is -2.39. The van der Waals surface area contributed by atoms with Gasteiger partial charge < -0.3 is 14.6 Å². The number of ether oxygens (including phenoxy) is 2. The van der Waals surface area contributed by atoms with Gasteiger partial charge in [-0.05, 0) is 48.0 Å². The highest BCUT2D eigenvalue weighted by molar-refractivity contribution is 6.30. The van der Waals surface area contributed by atoms with Crippen molar-refractivity contribution in [1.82, 2.24) is 0 Å². The summed E-state index contributed by atoms with van der Waals surface area (Å²) < 4.78 is 10.6. The predicted molar refractivity (Wildman–Crippen MR) is 102 cm³/mol. The Kier molecular flexibility index (Phi) is 5.85. The van der Waals surface area contributed by atoms with Gasteiger partial charge in [0.15, 0.2) is 5.60 Å². The Balaban J connectivity index is 1.70.